The zero-order chi connectivity index (χ0) is 38.3. The van der Waals surface area contributed by atoms with Crippen LogP contribution in [0, 0.1) is 11.7 Å². The number of anilines is 3. The van der Waals surface area contributed by atoms with E-state index in [-0.39, 0.29) is 36.4 Å². The van der Waals surface area contributed by atoms with Crippen molar-refractivity contribution in [3.05, 3.63) is 65.2 Å². The molecule has 0 aliphatic carbocycles. The summed E-state index contributed by atoms with van der Waals surface area (Å²) in [6, 6.07) is 10.7. The molecule has 0 spiro atoms. The molecule has 4 aliphatic rings. The van der Waals surface area contributed by atoms with Gasteiger partial charge in [0.05, 0.1) is 28.6 Å². The van der Waals surface area contributed by atoms with Crippen LogP contribution in [0.1, 0.15) is 56.4 Å². The first-order valence-corrected chi connectivity index (χ1v) is 20.9. The fourth-order valence-electron chi connectivity index (χ4n) is 8.54. The highest BCUT2D eigenvalue weighted by molar-refractivity contribution is 7.89. The van der Waals surface area contributed by atoms with Crippen LogP contribution in [0.5, 0.6) is 0 Å². The summed E-state index contributed by atoms with van der Waals surface area (Å²) < 4.78 is 46.5. The van der Waals surface area contributed by atoms with Crippen molar-refractivity contribution in [1.29, 1.82) is 0 Å². The van der Waals surface area contributed by atoms with Gasteiger partial charge >= 0.3 is 6.03 Å². The maximum absolute atomic E-state index is 16.0. The lowest BCUT2D eigenvalue weighted by Crippen LogP contribution is -2.49. The Morgan fingerprint density at radius 2 is 1.65 bits per heavy atom. The maximum Gasteiger partial charge on any atom is 0.329 e. The highest BCUT2D eigenvalue weighted by atomic mass is 35.5. The molecule has 17 heteroatoms. The number of piperidine rings is 3. The van der Waals surface area contributed by atoms with E-state index in [0.29, 0.717) is 66.8 Å². The Kier molecular flexibility index (Phi) is 10.7. The zero-order valence-corrected chi connectivity index (χ0v) is 32.4. The predicted octanol–water partition coefficient (Wildman–Crippen LogP) is 4.96. The molecule has 14 nitrogen and oxygen atoms in total. The van der Waals surface area contributed by atoms with Crippen molar-refractivity contribution in [2.45, 2.75) is 61.8 Å². The number of nitrogens with one attached hydrogen (secondary N) is 2. The predicted molar refractivity (Wildman–Crippen MR) is 208 cm³/mol. The molecular weight excluding hydrogens is 747 g/mol. The second-order valence-corrected chi connectivity index (χ2v) is 17.5. The number of amides is 3. The van der Waals surface area contributed by atoms with E-state index in [2.05, 4.69) is 42.7 Å². The SMILES string of the molecule is Cn1nc(N2CCC(=O)NC2=O)c2ccc(C3CCN(CC4CCN(c5cccc(S(=O)(=O)N6CCC(Nc7ncc(Cl)cn7)CC6)c5F)CC4)CC3)cc21. The monoisotopic (exact) mass is 792 g/mol. The number of carbonyl (C=O) groups excluding carboxylic acids is 2. The number of nitrogens with zero attached hydrogens (tertiary/aromatic N) is 8. The van der Waals surface area contributed by atoms with Crippen LogP contribution in [0.3, 0.4) is 0 Å². The smallest absolute Gasteiger partial charge is 0.329 e. The summed E-state index contributed by atoms with van der Waals surface area (Å²) in [6.45, 7) is 5.19. The van der Waals surface area contributed by atoms with Crippen LogP contribution in [0.4, 0.5) is 26.6 Å². The van der Waals surface area contributed by atoms with E-state index in [0.717, 1.165) is 56.2 Å². The summed E-state index contributed by atoms with van der Waals surface area (Å²) in [5.74, 6) is 0.987. The minimum Gasteiger partial charge on any atom is -0.369 e. The van der Waals surface area contributed by atoms with E-state index >= 15 is 4.39 Å². The molecule has 4 aromatic rings. The van der Waals surface area contributed by atoms with Crippen molar-refractivity contribution < 1.29 is 22.4 Å². The fourth-order valence-corrected chi connectivity index (χ4v) is 10.2. The Bertz CT molecular complexity index is 2160. The van der Waals surface area contributed by atoms with Gasteiger partial charge in [0, 0.05) is 64.2 Å². The minimum atomic E-state index is -4.01. The van der Waals surface area contributed by atoms with Crippen LogP contribution in [0.25, 0.3) is 10.9 Å². The number of benzene rings is 2. The molecule has 0 saturated carbocycles. The number of halogens is 2. The molecule has 4 fully saturated rings. The number of likely N-dealkylation sites (tertiary alicyclic amines) is 1. The van der Waals surface area contributed by atoms with Crippen LogP contribution in [-0.2, 0) is 21.9 Å². The molecule has 0 unspecified atom stereocenters. The molecule has 2 aromatic heterocycles. The number of hydrogen-bond acceptors (Lipinski definition) is 10. The lowest BCUT2D eigenvalue weighted by Gasteiger charge is -2.38. The van der Waals surface area contributed by atoms with Crippen molar-refractivity contribution in [2.24, 2.45) is 13.0 Å². The first-order chi connectivity index (χ1) is 26.5. The molecule has 55 heavy (non-hydrogen) atoms. The normalized spacial score (nSPS) is 20.3. The molecule has 0 bridgehead atoms. The Morgan fingerprint density at radius 3 is 2.36 bits per heavy atom. The molecule has 0 radical (unpaired) electrons. The number of rotatable bonds is 9. The van der Waals surface area contributed by atoms with Gasteiger partial charge in [0.2, 0.25) is 21.9 Å². The van der Waals surface area contributed by atoms with Gasteiger partial charge in [-0.25, -0.2) is 27.6 Å². The van der Waals surface area contributed by atoms with Gasteiger partial charge in [0.25, 0.3) is 0 Å². The summed E-state index contributed by atoms with van der Waals surface area (Å²) in [5.41, 5.74) is 2.58. The Labute approximate surface area is 325 Å². The molecule has 0 atom stereocenters. The first-order valence-electron chi connectivity index (χ1n) is 19.1. The number of carbonyl (C=O) groups is 2. The maximum atomic E-state index is 16.0. The van der Waals surface area contributed by atoms with Gasteiger partial charge in [0.15, 0.2) is 11.6 Å². The second kappa shape index (κ2) is 15.6. The first kappa shape index (κ1) is 37.5. The number of imide groups is 1. The van der Waals surface area contributed by atoms with E-state index in [1.165, 1.54) is 33.2 Å². The van der Waals surface area contributed by atoms with Gasteiger partial charge in [0.1, 0.15) is 4.90 Å². The average Bonchev–Trinajstić information content (AvgIpc) is 3.51. The molecule has 6 heterocycles. The van der Waals surface area contributed by atoms with E-state index in [9.17, 15) is 18.0 Å². The van der Waals surface area contributed by atoms with Crippen LogP contribution in [-0.4, -0.2) is 108 Å². The Balaban J connectivity index is 0.824. The van der Waals surface area contributed by atoms with Crippen molar-refractivity contribution in [3.63, 3.8) is 0 Å². The third-order valence-corrected chi connectivity index (χ3v) is 13.8. The van der Waals surface area contributed by atoms with Crippen LogP contribution in [0.15, 0.2) is 53.7 Å². The highest BCUT2D eigenvalue weighted by Crippen LogP contribution is 2.35. The lowest BCUT2D eigenvalue weighted by molar-refractivity contribution is -0.120. The minimum absolute atomic E-state index is 0.00106. The standard InChI is InChI=1S/C38H46ClFN10O4S/c1-46-32-21-27(5-6-30(32)36(45-46)50-20-13-34(51)44-38(50)52)26-9-14-47(15-10-26)24-25-7-16-48(17-8-25)31-3-2-4-33(35(31)40)55(53,54)49-18-11-29(12-19-49)43-37-41-22-28(39)23-42-37/h2-6,21-23,25-26,29H,7-20,24H2,1H3,(H,41,42,43)(H,44,51,52). The quantitative estimate of drug-likeness (QED) is 0.238. The molecule has 2 N–H and O–H groups in total. The van der Waals surface area contributed by atoms with Gasteiger partial charge in [-0.2, -0.15) is 9.40 Å². The summed E-state index contributed by atoms with van der Waals surface area (Å²) in [6.07, 6.45) is 8.28. The lowest BCUT2D eigenvalue weighted by atomic mass is 9.88. The number of aromatic nitrogens is 4. The van der Waals surface area contributed by atoms with E-state index in [4.69, 9.17) is 11.6 Å². The number of sulfonamides is 1. The third kappa shape index (κ3) is 7.86. The largest absolute Gasteiger partial charge is 0.369 e. The van der Waals surface area contributed by atoms with Crippen molar-refractivity contribution in [1.82, 2.24) is 34.3 Å². The van der Waals surface area contributed by atoms with Gasteiger partial charge in [-0.1, -0.05) is 23.7 Å². The van der Waals surface area contributed by atoms with Gasteiger partial charge in [-0.15, -0.1) is 0 Å². The number of fused-ring (bicyclic) bond motifs is 1. The molecule has 3 amide bonds. The number of aryl methyl sites for hydroxylation is 1. The van der Waals surface area contributed by atoms with E-state index in [1.54, 1.807) is 12.1 Å². The van der Waals surface area contributed by atoms with Crippen LogP contribution >= 0.6 is 11.6 Å². The molecule has 292 valence electrons. The molecule has 2 aromatic carbocycles. The van der Waals surface area contributed by atoms with Gasteiger partial charge < -0.3 is 15.1 Å². The summed E-state index contributed by atoms with van der Waals surface area (Å²) >= 11 is 5.88. The zero-order valence-electron chi connectivity index (χ0n) is 30.8. The second-order valence-electron chi connectivity index (χ2n) is 15.1. The number of hydrogen-bond donors (Lipinski definition) is 2. The molecule has 8 rings (SSSR count). The highest BCUT2D eigenvalue weighted by Gasteiger charge is 2.34. The number of urea groups is 1. The van der Waals surface area contributed by atoms with E-state index in [1.807, 2.05) is 22.7 Å². The molecular formula is C38H46ClFN10O4S. The van der Waals surface area contributed by atoms with Crippen LogP contribution < -0.4 is 20.4 Å². The molecule has 4 saturated heterocycles. The molecule has 4 aliphatic heterocycles. The van der Waals surface area contributed by atoms with Crippen molar-refractivity contribution >= 4 is 61.9 Å². The fraction of sp³-hybridized carbons (Fsp3) is 0.500. The summed E-state index contributed by atoms with van der Waals surface area (Å²) in [7, 11) is -2.13. The van der Waals surface area contributed by atoms with Gasteiger partial charge in [-0.3, -0.25) is 19.7 Å². The topological polar surface area (TPSA) is 149 Å². The van der Waals surface area contributed by atoms with Crippen molar-refractivity contribution in [2.75, 3.05) is 67.5 Å². The summed E-state index contributed by atoms with van der Waals surface area (Å²) in [5, 5.41) is 11.6. The van der Waals surface area contributed by atoms with Crippen molar-refractivity contribution in [3.8, 4) is 0 Å². The average molecular weight is 793 g/mol. The van der Waals surface area contributed by atoms with Crippen LogP contribution in [0.2, 0.25) is 5.02 Å². The van der Waals surface area contributed by atoms with Gasteiger partial charge in [-0.05, 0) is 93.3 Å². The summed E-state index contributed by atoms with van der Waals surface area (Å²) in [4.78, 5) is 38.3. The third-order valence-electron chi connectivity index (χ3n) is 11.7. The van der Waals surface area contributed by atoms with E-state index < -0.39 is 21.9 Å². The Morgan fingerprint density at radius 1 is 0.927 bits per heavy atom. The Hall–Kier alpha value is -4.38.